The lowest BCUT2D eigenvalue weighted by Gasteiger charge is -2.36. The largest absolute Gasteiger partial charge is 0.495 e. The Morgan fingerprint density at radius 1 is 0.917 bits per heavy atom. The Labute approximate surface area is 221 Å². The predicted molar refractivity (Wildman–Crippen MR) is 155 cm³/mol. The van der Waals surface area contributed by atoms with Crippen molar-refractivity contribution < 1.29 is 19.1 Å². The van der Waals surface area contributed by atoms with Gasteiger partial charge >= 0.3 is 6.09 Å². The first kappa shape index (κ1) is 32.1. The fourth-order valence-corrected chi connectivity index (χ4v) is 4.91. The topological polar surface area (TPSA) is 67.8 Å². The fraction of sp³-hybridized carbons (Fsp3) is 0.700. The van der Waals surface area contributed by atoms with E-state index >= 15 is 0 Å². The minimum atomic E-state index is -1.57. The average molecular weight is 518 g/mol. The third-order valence-electron chi connectivity index (χ3n) is 7.17. The molecule has 0 unspecified atom stereocenters. The molecule has 0 saturated carbocycles. The quantitative estimate of drug-likeness (QED) is 0.123. The van der Waals surface area contributed by atoms with E-state index < -0.39 is 14.4 Å². The molecule has 1 amide bonds. The van der Waals surface area contributed by atoms with Gasteiger partial charge < -0.3 is 14.3 Å². The Kier molecular flexibility index (Phi) is 15.6. The maximum atomic E-state index is 11.0. The Morgan fingerprint density at radius 3 is 1.94 bits per heavy atom. The van der Waals surface area contributed by atoms with E-state index in [4.69, 9.17) is 14.3 Å². The molecule has 5 nitrogen and oxygen atoms in total. The molecule has 0 saturated heterocycles. The van der Waals surface area contributed by atoms with Crippen molar-refractivity contribution >= 4 is 20.1 Å². The van der Waals surface area contributed by atoms with Gasteiger partial charge in [0.25, 0.3) is 0 Å². The summed E-state index contributed by atoms with van der Waals surface area (Å²) in [6.45, 7) is 12.5. The average Bonchev–Trinajstić information content (AvgIpc) is 2.80. The van der Waals surface area contributed by atoms with Gasteiger partial charge in [0.15, 0.2) is 8.32 Å². The minimum absolute atomic E-state index is 0.311. The predicted octanol–water partition coefficient (Wildman–Crippen LogP) is 9.23. The summed E-state index contributed by atoms with van der Waals surface area (Å²) in [6, 6.07) is 5.36. The lowest BCUT2D eigenvalue weighted by Crippen LogP contribution is -2.40. The van der Waals surface area contributed by atoms with Crippen LogP contribution in [0.2, 0.25) is 18.1 Å². The third kappa shape index (κ3) is 13.4. The molecule has 36 heavy (non-hydrogen) atoms. The first-order valence-electron chi connectivity index (χ1n) is 13.9. The van der Waals surface area contributed by atoms with Gasteiger partial charge in [-0.15, -0.1) is 0 Å². The number of hydrogen-bond donors (Lipinski definition) is 2. The summed E-state index contributed by atoms with van der Waals surface area (Å²) in [4.78, 5) is 11.0. The van der Waals surface area contributed by atoms with Crippen LogP contribution in [0.3, 0.4) is 0 Å². The molecular formula is C30H51NO4Si. The van der Waals surface area contributed by atoms with E-state index in [9.17, 15) is 4.79 Å². The number of hydrogen-bond acceptors (Lipinski definition) is 3. The molecule has 2 N–H and O–H groups in total. The smallest absolute Gasteiger partial charge is 0.409 e. The van der Waals surface area contributed by atoms with E-state index in [-0.39, 0.29) is 0 Å². The highest BCUT2D eigenvalue weighted by molar-refractivity contribution is 6.74. The van der Waals surface area contributed by atoms with Gasteiger partial charge in [0.05, 0.1) is 12.7 Å². The molecule has 0 bridgehead atoms. The number of para-hydroxylation sites is 1. The molecule has 1 aromatic carbocycles. The number of unbranched alkanes of at least 4 members (excludes halogenated alkanes) is 12. The Balaban J connectivity index is 2.02. The fourth-order valence-electron chi connectivity index (χ4n) is 3.83. The highest BCUT2D eigenvalue weighted by atomic mass is 28.4. The van der Waals surface area contributed by atoms with Gasteiger partial charge in [0.2, 0.25) is 0 Å². The summed E-state index contributed by atoms with van der Waals surface area (Å²) in [7, 11) is -0.0458. The Morgan fingerprint density at radius 2 is 1.44 bits per heavy atom. The van der Waals surface area contributed by atoms with Crippen molar-refractivity contribution in [1.29, 1.82) is 0 Å². The van der Waals surface area contributed by atoms with Gasteiger partial charge in [-0.25, -0.2) is 4.79 Å². The summed E-state index contributed by atoms with van der Waals surface area (Å²) in [6.07, 6.45) is 15.2. The Bertz CT molecular complexity index is 820. The van der Waals surface area contributed by atoms with Crippen LogP contribution in [-0.4, -0.2) is 33.2 Å². The van der Waals surface area contributed by atoms with Crippen molar-refractivity contribution in [3.05, 3.63) is 23.8 Å². The first-order chi connectivity index (χ1) is 17.1. The number of carbonyl (C=O) groups is 1. The monoisotopic (exact) mass is 517 g/mol. The normalized spacial score (nSPS) is 11.6. The number of anilines is 1. The highest BCUT2D eigenvalue weighted by Crippen LogP contribution is 2.36. The van der Waals surface area contributed by atoms with Crippen LogP contribution < -0.4 is 10.1 Å². The van der Waals surface area contributed by atoms with Crippen molar-refractivity contribution in [3.63, 3.8) is 0 Å². The molecule has 1 rings (SSSR count). The van der Waals surface area contributed by atoms with Crippen LogP contribution >= 0.6 is 0 Å². The highest BCUT2D eigenvalue weighted by Gasteiger charge is 2.36. The maximum absolute atomic E-state index is 11.0. The van der Waals surface area contributed by atoms with Gasteiger partial charge in [0, 0.05) is 13.0 Å². The molecule has 0 radical (unpaired) electrons. The number of rotatable bonds is 17. The van der Waals surface area contributed by atoms with Crippen LogP contribution in [0.5, 0.6) is 5.75 Å². The van der Waals surface area contributed by atoms with Crippen molar-refractivity contribution in [3.8, 4) is 17.6 Å². The molecule has 0 heterocycles. The van der Waals surface area contributed by atoms with E-state index in [1.165, 1.54) is 77.7 Å². The molecule has 0 spiro atoms. The zero-order valence-electron chi connectivity index (χ0n) is 23.8. The molecule has 6 heteroatoms. The molecule has 204 valence electrons. The maximum Gasteiger partial charge on any atom is 0.409 e. The van der Waals surface area contributed by atoms with E-state index in [1.807, 2.05) is 12.1 Å². The third-order valence-corrected chi connectivity index (χ3v) is 11.7. The first-order valence-corrected chi connectivity index (χ1v) is 16.8. The number of benzene rings is 1. The van der Waals surface area contributed by atoms with Crippen molar-refractivity contribution in [2.45, 2.75) is 122 Å². The van der Waals surface area contributed by atoms with Crippen LogP contribution in [-0.2, 0) is 4.43 Å². The van der Waals surface area contributed by atoms with E-state index in [1.54, 1.807) is 6.07 Å². The number of nitrogens with one attached hydrogen (secondary N) is 1. The van der Waals surface area contributed by atoms with Gasteiger partial charge in [-0.05, 0) is 43.1 Å². The molecular weight excluding hydrogens is 466 g/mol. The molecule has 0 fully saturated rings. The zero-order valence-corrected chi connectivity index (χ0v) is 24.8. The molecule has 1 aromatic rings. The van der Waals surface area contributed by atoms with Crippen LogP contribution in [0.25, 0.3) is 0 Å². The SMILES string of the molecule is COc1cccc(C#CCCCCCCCCCCCCCCO[Si](C)(C)C(C)(C)C)c1NC(=O)O. The number of ether oxygens (including phenoxy) is 1. The minimum Gasteiger partial charge on any atom is -0.495 e. The summed E-state index contributed by atoms with van der Waals surface area (Å²) in [5, 5.41) is 11.8. The van der Waals surface area contributed by atoms with Gasteiger partial charge in [-0.1, -0.05) is 103 Å². The lowest BCUT2D eigenvalue weighted by atomic mass is 10.0. The van der Waals surface area contributed by atoms with Crippen LogP contribution in [0.4, 0.5) is 10.5 Å². The molecule has 0 aliphatic rings. The second-order valence-electron chi connectivity index (χ2n) is 11.2. The standard InChI is InChI=1S/C30H51NO4Si/c1-30(2,3)36(5,6)35-25-20-18-16-14-12-10-8-7-9-11-13-15-17-19-22-26-23-21-24-27(34-4)28(26)31-29(32)33/h21,23-24,31H,7-18,20,25H2,1-6H3,(H,32,33). The Hall–Kier alpha value is -1.97. The molecule has 0 aliphatic carbocycles. The second-order valence-corrected chi connectivity index (χ2v) is 16.0. The van der Waals surface area contributed by atoms with E-state index in [0.29, 0.717) is 22.0 Å². The van der Waals surface area contributed by atoms with Gasteiger partial charge in [-0.3, -0.25) is 5.32 Å². The van der Waals surface area contributed by atoms with E-state index in [2.05, 4.69) is 51.0 Å². The van der Waals surface area contributed by atoms with Crippen molar-refractivity contribution in [2.75, 3.05) is 19.0 Å². The summed E-state index contributed by atoms with van der Waals surface area (Å²) in [5.41, 5.74) is 1.06. The summed E-state index contributed by atoms with van der Waals surface area (Å²) >= 11 is 0. The summed E-state index contributed by atoms with van der Waals surface area (Å²) < 4.78 is 11.5. The zero-order chi connectivity index (χ0) is 26.9. The summed E-state index contributed by atoms with van der Waals surface area (Å²) in [5.74, 6) is 6.75. The second kappa shape index (κ2) is 17.5. The number of methoxy groups -OCH3 is 1. The number of carboxylic acid groups (broad SMARTS) is 1. The van der Waals surface area contributed by atoms with Gasteiger partial charge in [0.1, 0.15) is 11.4 Å². The number of amides is 1. The van der Waals surface area contributed by atoms with Crippen molar-refractivity contribution in [2.24, 2.45) is 0 Å². The van der Waals surface area contributed by atoms with Crippen molar-refractivity contribution in [1.82, 2.24) is 0 Å². The van der Waals surface area contributed by atoms with Crippen LogP contribution in [0, 0.1) is 11.8 Å². The molecule has 0 aliphatic heterocycles. The van der Waals surface area contributed by atoms with Crippen LogP contribution in [0.1, 0.15) is 110 Å². The van der Waals surface area contributed by atoms with Crippen LogP contribution in [0.15, 0.2) is 18.2 Å². The lowest BCUT2D eigenvalue weighted by molar-refractivity contribution is 0.209. The van der Waals surface area contributed by atoms with Gasteiger partial charge in [-0.2, -0.15) is 0 Å². The van der Waals surface area contributed by atoms with E-state index in [0.717, 1.165) is 19.4 Å². The molecule has 0 aromatic heterocycles. The molecule has 0 atom stereocenters.